The number of benzene rings is 2. The Balaban J connectivity index is 1.46. The summed E-state index contributed by atoms with van der Waals surface area (Å²) >= 11 is 0. The van der Waals surface area contributed by atoms with Crippen LogP contribution < -0.4 is 0 Å². The highest BCUT2D eigenvalue weighted by molar-refractivity contribution is 5.94. The summed E-state index contributed by atoms with van der Waals surface area (Å²) in [5, 5.41) is 0. The van der Waals surface area contributed by atoms with Crippen LogP contribution in [0.3, 0.4) is 0 Å². The number of alkyl halides is 2. The van der Waals surface area contributed by atoms with E-state index in [0.29, 0.717) is 18.4 Å². The highest BCUT2D eigenvalue weighted by Crippen LogP contribution is 2.38. The van der Waals surface area contributed by atoms with E-state index in [4.69, 9.17) is 0 Å². The van der Waals surface area contributed by atoms with Crippen molar-refractivity contribution < 1.29 is 13.6 Å². The molecule has 0 unspecified atom stereocenters. The minimum Gasteiger partial charge on any atom is -0.318 e. The summed E-state index contributed by atoms with van der Waals surface area (Å²) in [6.07, 6.45) is 2.35. The summed E-state index contributed by atoms with van der Waals surface area (Å²) in [4.78, 5) is 18.9. The number of nitrogens with zero attached hydrogens (tertiary/aromatic N) is 3. The van der Waals surface area contributed by atoms with Gasteiger partial charge in [0.25, 0.3) is 11.8 Å². The summed E-state index contributed by atoms with van der Waals surface area (Å²) in [5.41, 5.74) is 2.26. The fourth-order valence-electron chi connectivity index (χ4n) is 4.02. The third-order valence-corrected chi connectivity index (χ3v) is 5.77. The maximum Gasteiger partial charge on any atom is 0.298 e. The van der Waals surface area contributed by atoms with E-state index < -0.39 is 5.92 Å². The van der Waals surface area contributed by atoms with Crippen molar-refractivity contribution in [2.45, 2.75) is 32.4 Å². The van der Waals surface area contributed by atoms with Crippen molar-refractivity contribution in [1.82, 2.24) is 14.5 Å². The Bertz CT molecular complexity index is 1070. The average Bonchev–Trinajstić information content (AvgIpc) is 3.43. The quantitative estimate of drug-likeness (QED) is 0.623. The Morgan fingerprint density at radius 1 is 1.03 bits per heavy atom. The SMILES string of the molecule is Cc1nc2n(c1-c1ccc(C(F)(F)c3ccccc3)cc1)CN(CC1CC1)C2=O. The topological polar surface area (TPSA) is 38.1 Å². The summed E-state index contributed by atoms with van der Waals surface area (Å²) in [5.74, 6) is -2.06. The van der Waals surface area contributed by atoms with E-state index in [2.05, 4.69) is 4.98 Å². The molecule has 4 nitrogen and oxygen atoms in total. The first kappa shape index (κ1) is 18.0. The van der Waals surface area contributed by atoms with Crippen LogP contribution in [0.5, 0.6) is 0 Å². The van der Waals surface area contributed by atoms with Crippen LogP contribution >= 0.6 is 0 Å². The molecule has 1 saturated carbocycles. The van der Waals surface area contributed by atoms with Gasteiger partial charge in [0.2, 0.25) is 5.82 Å². The van der Waals surface area contributed by atoms with Crippen LogP contribution in [0.4, 0.5) is 8.78 Å². The molecule has 0 N–H and O–H groups in total. The zero-order valence-corrected chi connectivity index (χ0v) is 16.1. The number of imidazole rings is 1. The van der Waals surface area contributed by atoms with Crippen molar-refractivity contribution in [2.24, 2.45) is 5.92 Å². The second-order valence-electron chi connectivity index (χ2n) is 7.93. The van der Waals surface area contributed by atoms with Crippen LogP contribution in [0.15, 0.2) is 54.6 Å². The zero-order chi connectivity index (χ0) is 20.2. The number of hydrogen-bond donors (Lipinski definition) is 0. The first-order chi connectivity index (χ1) is 13.9. The number of carbonyl (C=O) groups excluding carboxylic acids is 1. The number of aromatic nitrogens is 2. The Morgan fingerprint density at radius 3 is 2.34 bits per heavy atom. The van der Waals surface area contributed by atoms with Gasteiger partial charge in [-0.05, 0) is 25.7 Å². The van der Waals surface area contributed by atoms with Gasteiger partial charge in [-0.1, -0.05) is 54.6 Å². The molecule has 0 bridgehead atoms. The molecular weight excluding hydrogens is 372 g/mol. The van der Waals surface area contributed by atoms with Crippen molar-refractivity contribution in [1.29, 1.82) is 0 Å². The maximum atomic E-state index is 14.8. The number of rotatable bonds is 5. The summed E-state index contributed by atoms with van der Waals surface area (Å²) in [7, 11) is 0. The maximum absolute atomic E-state index is 14.8. The molecule has 0 saturated heterocycles. The van der Waals surface area contributed by atoms with E-state index in [1.807, 2.05) is 16.4 Å². The van der Waals surface area contributed by atoms with E-state index in [0.717, 1.165) is 23.5 Å². The van der Waals surface area contributed by atoms with Gasteiger partial charge in [-0.2, -0.15) is 8.78 Å². The number of hydrogen-bond acceptors (Lipinski definition) is 2. The fraction of sp³-hybridized carbons (Fsp3) is 0.304. The van der Waals surface area contributed by atoms with E-state index in [9.17, 15) is 13.6 Å². The van der Waals surface area contributed by atoms with Crippen molar-refractivity contribution in [3.63, 3.8) is 0 Å². The van der Waals surface area contributed by atoms with Crippen LogP contribution in [0, 0.1) is 12.8 Å². The van der Waals surface area contributed by atoms with Gasteiger partial charge in [-0.15, -0.1) is 0 Å². The van der Waals surface area contributed by atoms with Crippen molar-refractivity contribution in [3.05, 3.63) is 77.2 Å². The molecule has 2 heterocycles. The second-order valence-corrected chi connectivity index (χ2v) is 7.93. The second kappa shape index (κ2) is 6.51. The Hall–Kier alpha value is -3.02. The molecule has 2 aliphatic rings. The minimum absolute atomic E-state index is 0.0320. The van der Waals surface area contributed by atoms with Gasteiger partial charge in [0.05, 0.1) is 18.1 Å². The lowest BCUT2D eigenvalue weighted by atomic mass is 9.98. The molecule has 1 aliphatic heterocycles. The Labute approximate surface area is 167 Å². The normalized spacial score (nSPS) is 16.4. The van der Waals surface area contributed by atoms with Gasteiger partial charge in [-0.3, -0.25) is 4.79 Å². The molecule has 2 aromatic carbocycles. The molecule has 0 spiro atoms. The zero-order valence-electron chi connectivity index (χ0n) is 16.1. The molecule has 1 amide bonds. The number of amides is 1. The number of aryl methyl sites for hydroxylation is 1. The molecule has 0 atom stereocenters. The lowest BCUT2D eigenvalue weighted by Gasteiger charge is -2.18. The third kappa shape index (κ3) is 3.03. The van der Waals surface area contributed by atoms with Crippen LogP contribution in [0.25, 0.3) is 11.3 Å². The van der Waals surface area contributed by atoms with Gasteiger partial charge >= 0.3 is 0 Å². The molecule has 0 radical (unpaired) electrons. The van der Waals surface area contributed by atoms with Gasteiger partial charge in [-0.25, -0.2) is 4.98 Å². The monoisotopic (exact) mass is 393 g/mol. The molecule has 5 rings (SSSR count). The first-order valence-electron chi connectivity index (χ1n) is 9.86. The van der Waals surface area contributed by atoms with Gasteiger partial charge in [0, 0.05) is 23.2 Å². The van der Waals surface area contributed by atoms with Crippen LogP contribution in [-0.2, 0) is 12.6 Å². The molecular formula is C23H21F2N3O. The number of fused-ring (bicyclic) bond motifs is 1. The standard InChI is InChI=1S/C23H21F2N3O/c1-15-20(28-14-27(13-16-7-8-16)22(29)21(28)26-15)17-9-11-19(12-10-17)23(24,25)18-5-3-2-4-6-18/h2-6,9-12,16H,7-8,13-14H2,1H3. The molecule has 29 heavy (non-hydrogen) atoms. The first-order valence-corrected chi connectivity index (χ1v) is 9.86. The summed E-state index contributed by atoms with van der Waals surface area (Å²) in [6, 6.07) is 14.1. The van der Waals surface area contributed by atoms with Crippen molar-refractivity contribution in [2.75, 3.05) is 6.54 Å². The molecule has 1 aliphatic carbocycles. The molecule has 148 valence electrons. The van der Waals surface area contributed by atoms with Crippen molar-refractivity contribution in [3.8, 4) is 11.3 Å². The summed E-state index contributed by atoms with van der Waals surface area (Å²) < 4.78 is 31.6. The summed E-state index contributed by atoms with van der Waals surface area (Å²) in [6.45, 7) is 3.09. The molecule has 1 aromatic heterocycles. The lowest BCUT2D eigenvalue weighted by molar-refractivity contribution is 0.0428. The molecule has 1 fully saturated rings. The van der Waals surface area contributed by atoms with Crippen LogP contribution in [0.2, 0.25) is 0 Å². The minimum atomic E-state index is -3.06. The van der Waals surface area contributed by atoms with Gasteiger partial charge in [0.15, 0.2) is 0 Å². The number of carbonyl (C=O) groups is 1. The largest absolute Gasteiger partial charge is 0.318 e. The van der Waals surface area contributed by atoms with E-state index in [1.165, 1.54) is 37.1 Å². The van der Waals surface area contributed by atoms with Crippen LogP contribution in [0.1, 0.15) is 40.3 Å². The predicted octanol–water partition coefficient (Wildman–Crippen LogP) is 4.82. The van der Waals surface area contributed by atoms with E-state index >= 15 is 0 Å². The van der Waals surface area contributed by atoms with Crippen LogP contribution in [-0.4, -0.2) is 26.9 Å². The lowest BCUT2D eigenvalue weighted by Crippen LogP contribution is -2.27. The molecule has 6 heteroatoms. The number of halogens is 2. The highest BCUT2D eigenvalue weighted by Gasteiger charge is 2.37. The highest BCUT2D eigenvalue weighted by atomic mass is 19.3. The van der Waals surface area contributed by atoms with E-state index in [-0.39, 0.29) is 17.0 Å². The fourth-order valence-corrected chi connectivity index (χ4v) is 4.02. The Morgan fingerprint density at radius 2 is 1.69 bits per heavy atom. The van der Waals surface area contributed by atoms with Gasteiger partial charge in [0.1, 0.15) is 0 Å². The third-order valence-electron chi connectivity index (χ3n) is 5.77. The smallest absolute Gasteiger partial charge is 0.298 e. The average molecular weight is 393 g/mol. The van der Waals surface area contributed by atoms with E-state index in [1.54, 1.807) is 30.3 Å². The van der Waals surface area contributed by atoms with Crippen molar-refractivity contribution >= 4 is 5.91 Å². The van der Waals surface area contributed by atoms with Gasteiger partial charge < -0.3 is 9.47 Å². The Kier molecular flexibility index (Phi) is 4.05. The molecule has 3 aromatic rings. The predicted molar refractivity (Wildman–Crippen MR) is 106 cm³/mol.